The SMILES string of the molecule is CC/C=C\C/C=C\C/C=C\C/C=C\CCCCC(=O)OCC(COC(=O)CCCCCCCCCCCCCCCCCCCCCCCCCC)OC(=O)CCCCCCCCC/C=C\CCCCCCCCC. The summed E-state index contributed by atoms with van der Waals surface area (Å²) in [4.78, 5) is 38.3. The number of allylic oxidation sites excluding steroid dienone is 10. The third-order valence-electron chi connectivity index (χ3n) is 14.5. The van der Waals surface area contributed by atoms with Crippen LogP contribution in [0.1, 0.15) is 342 Å². The predicted molar refractivity (Wildman–Crippen MR) is 325 cm³/mol. The Labute approximate surface area is 466 Å². The van der Waals surface area contributed by atoms with Crippen LogP contribution in [0.2, 0.25) is 0 Å². The standard InChI is InChI=1S/C69H124O6/c1-4-7-10-13-16-19-22-25-28-30-32-33-34-35-36-37-39-41-44-47-50-53-56-59-62-68(71)74-65-66(64-73-67(70)61-58-55-52-49-46-43-40-27-24-21-18-15-12-9-6-3)75-69(72)63-60-57-54-51-48-45-42-38-31-29-26-23-20-17-14-11-8-5-2/h9,12,18,21,27,29,31,40,46,49,66H,4-8,10-11,13-17,19-20,22-26,28,30,32-39,41-45,47-48,50-65H2,1-3H3/b12-9-,21-18-,31-29-,40-27-,49-46-. The minimum absolute atomic E-state index is 0.0859. The Morgan fingerprint density at radius 3 is 0.853 bits per heavy atom. The van der Waals surface area contributed by atoms with Crippen molar-refractivity contribution in [3.63, 3.8) is 0 Å². The van der Waals surface area contributed by atoms with Crippen molar-refractivity contribution >= 4 is 17.9 Å². The molecule has 0 aromatic carbocycles. The van der Waals surface area contributed by atoms with E-state index in [0.29, 0.717) is 19.3 Å². The van der Waals surface area contributed by atoms with Gasteiger partial charge in [0.05, 0.1) is 0 Å². The van der Waals surface area contributed by atoms with E-state index in [1.54, 1.807) is 0 Å². The van der Waals surface area contributed by atoms with Crippen LogP contribution in [0.3, 0.4) is 0 Å². The molecule has 0 amide bonds. The monoisotopic (exact) mass is 1050 g/mol. The van der Waals surface area contributed by atoms with Crippen LogP contribution in [-0.4, -0.2) is 37.2 Å². The molecule has 0 bridgehead atoms. The van der Waals surface area contributed by atoms with E-state index in [2.05, 4.69) is 81.5 Å². The van der Waals surface area contributed by atoms with Gasteiger partial charge in [-0.3, -0.25) is 14.4 Å². The van der Waals surface area contributed by atoms with E-state index in [9.17, 15) is 14.4 Å². The first-order chi connectivity index (χ1) is 37.0. The van der Waals surface area contributed by atoms with Crippen molar-refractivity contribution in [1.29, 1.82) is 0 Å². The molecule has 0 aromatic heterocycles. The minimum atomic E-state index is -0.793. The fourth-order valence-electron chi connectivity index (χ4n) is 9.61. The lowest BCUT2D eigenvalue weighted by Crippen LogP contribution is -2.30. The van der Waals surface area contributed by atoms with Crippen LogP contribution in [0.5, 0.6) is 0 Å². The van der Waals surface area contributed by atoms with E-state index < -0.39 is 6.10 Å². The Balaban J connectivity index is 4.32. The first kappa shape index (κ1) is 72.1. The van der Waals surface area contributed by atoms with E-state index in [-0.39, 0.29) is 31.1 Å². The molecule has 436 valence electrons. The lowest BCUT2D eigenvalue weighted by molar-refractivity contribution is -0.167. The van der Waals surface area contributed by atoms with Crippen molar-refractivity contribution in [3.8, 4) is 0 Å². The van der Waals surface area contributed by atoms with Crippen LogP contribution in [-0.2, 0) is 28.6 Å². The molecular weight excluding hydrogens is 925 g/mol. The molecule has 1 unspecified atom stereocenters. The molecule has 0 rings (SSSR count). The van der Waals surface area contributed by atoms with Crippen LogP contribution in [0, 0.1) is 0 Å². The van der Waals surface area contributed by atoms with Crippen molar-refractivity contribution in [2.75, 3.05) is 13.2 Å². The lowest BCUT2D eigenvalue weighted by atomic mass is 10.0. The molecule has 0 saturated carbocycles. The van der Waals surface area contributed by atoms with E-state index in [1.165, 1.54) is 218 Å². The normalized spacial score (nSPS) is 12.4. The van der Waals surface area contributed by atoms with Gasteiger partial charge in [-0.2, -0.15) is 0 Å². The van der Waals surface area contributed by atoms with Gasteiger partial charge in [0, 0.05) is 19.3 Å². The number of carbonyl (C=O) groups is 3. The van der Waals surface area contributed by atoms with Crippen LogP contribution in [0.4, 0.5) is 0 Å². The average Bonchev–Trinajstić information content (AvgIpc) is 3.41. The van der Waals surface area contributed by atoms with Gasteiger partial charge in [-0.05, 0) is 83.5 Å². The quantitative estimate of drug-likeness (QED) is 0.0261. The van der Waals surface area contributed by atoms with E-state index >= 15 is 0 Å². The van der Waals surface area contributed by atoms with Crippen molar-refractivity contribution in [2.24, 2.45) is 0 Å². The van der Waals surface area contributed by atoms with Crippen LogP contribution in [0.25, 0.3) is 0 Å². The second kappa shape index (κ2) is 63.6. The topological polar surface area (TPSA) is 78.9 Å². The largest absolute Gasteiger partial charge is 0.462 e. The van der Waals surface area contributed by atoms with Gasteiger partial charge >= 0.3 is 17.9 Å². The molecule has 0 saturated heterocycles. The van der Waals surface area contributed by atoms with Gasteiger partial charge in [0.2, 0.25) is 0 Å². The molecule has 0 radical (unpaired) electrons. The summed E-state index contributed by atoms with van der Waals surface area (Å²) in [7, 11) is 0. The van der Waals surface area contributed by atoms with Gasteiger partial charge in [-0.1, -0.05) is 300 Å². The van der Waals surface area contributed by atoms with Crippen molar-refractivity contribution in [3.05, 3.63) is 60.8 Å². The highest BCUT2D eigenvalue weighted by Gasteiger charge is 2.19. The molecule has 1 atom stereocenters. The first-order valence-corrected chi connectivity index (χ1v) is 32.8. The van der Waals surface area contributed by atoms with Crippen molar-refractivity contribution in [2.45, 2.75) is 348 Å². The molecule has 0 fully saturated rings. The molecule has 0 aromatic rings. The van der Waals surface area contributed by atoms with Crippen LogP contribution >= 0.6 is 0 Å². The average molecular weight is 1050 g/mol. The van der Waals surface area contributed by atoms with Gasteiger partial charge in [0.1, 0.15) is 13.2 Å². The third-order valence-corrected chi connectivity index (χ3v) is 14.5. The van der Waals surface area contributed by atoms with Gasteiger partial charge in [-0.25, -0.2) is 0 Å². The maximum atomic E-state index is 12.9. The first-order valence-electron chi connectivity index (χ1n) is 32.8. The molecule has 6 heteroatoms. The van der Waals surface area contributed by atoms with Crippen molar-refractivity contribution in [1.82, 2.24) is 0 Å². The molecule has 0 spiro atoms. The summed E-state index contributed by atoms with van der Waals surface area (Å²) in [5.74, 6) is -0.915. The number of unbranched alkanes of at least 4 members (excludes halogenated alkanes) is 39. The summed E-state index contributed by atoms with van der Waals surface area (Å²) in [6, 6.07) is 0. The van der Waals surface area contributed by atoms with Crippen molar-refractivity contribution < 1.29 is 28.6 Å². The predicted octanol–water partition coefficient (Wildman–Crippen LogP) is 22.3. The summed E-state index contributed by atoms with van der Waals surface area (Å²) in [6.07, 6.45) is 81.0. The number of hydrogen-bond donors (Lipinski definition) is 0. The van der Waals surface area contributed by atoms with E-state index in [0.717, 1.165) is 83.5 Å². The second-order valence-corrected chi connectivity index (χ2v) is 22.0. The molecule has 0 aliphatic heterocycles. The van der Waals surface area contributed by atoms with Gasteiger partial charge in [0.25, 0.3) is 0 Å². The Morgan fingerprint density at radius 2 is 0.520 bits per heavy atom. The maximum Gasteiger partial charge on any atom is 0.306 e. The Bertz CT molecular complexity index is 1340. The molecule has 0 aliphatic rings. The zero-order chi connectivity index (χ0) is 54.3. The fraction of sp³-hybridized carbons (Fsp3) is 0.812. The zero-order valence-electron chi connectivity index (χ0n) is 50.1. The minimum Gasteiger partial charge on any atom is -0.462 e. The third kappa shape index (κ3) is 61.8. The fourth-order valence-corrected chi connectivity index (χ4v) is 9.61. The highest BCUT2D eigenvalue weighted by atomic mass is 16.6. The number of hydrogen-bond acceptors (Lipinski definition) is 6. The Morgan fingerprint density at radius 1 is 0.280 bits per heavy atom. The summed E-state index contributed by atoms with van der Waals surface area (Å²) in [6.45, 7) is 6.54. The van der Waals surface area contributed by atoms with E-state index in [4.69, 9.17) is 14.2 Å². The van der Waals surface area contributed by atoms with Gasteiger partial charge in [0.15, 0.2) is 6.10 Å². The highest BCUT2D eigenvalue weighted by molar-refractivity contribution is 5.71. The van der Waals surface area contributed by atoms with Gasteiger partial charge in [-0.15, -0.1) is 0 Å². The van der Waals surface area contributed by atoms with Crippen LogP contribution in [0.15, 0.2) is 60.8 Å². The molecule has 0 heterocycles. The number of carbonyl (C=O) groups excluding carboxylic acids is 3. The highest BCUT2D eigenvalue weighted by Crippen LogP contribution is 2.18. The summed E-state index contributed by atoms with van der Waals surface area (Å²) in [5.41, 5.74) is 0. The summed E-state index contributed by atoms with van der Waals surface area (Å²) >= 11 is 0. The van der Waals surface area contributed by atoms with Crippen LogP contribution < -0.4 is 0 Å². The Kier molecular flexibility index (Phi) is 61.2. The molecule has 0 N–H and O–H groups in total. The summed E-state index contributed by atoms with van der Waals surface area (Å²) < 4.78 is 16.9. The zero-order valence-corrected chi connectivity index (χ0v) is 50.1. The molecule has 0 aliphatic carbocycles. The second-order valence-electron chi connectivity index (χ2n) is 22.0. The summed E-state index contributed by atoms with van der Waals surface area (Å²) in [5, 5.41) is 0. The maximum absolute atomic E-state index is 12.9. The molecule has 75 heavy (non-hydrogen) atoms. The smallest absolute Gasteiger partial charge is 0.306 e. The Hall–Kier alpha value is -2.89. The van der Waals surface area contributed by atoms with E-state index in [1.807, 2.05) is 0 Å². The molecule has 6 nitrogen and oxygen atoms in total. The number of esters is 3. The molecular formula is C69H124O6. The number of rotatable bonds is 60. The van der Waals surface area contributed by atoms with Gasteiger partial charge < -0.3 is 14.2 Å². The lowest BCUT2D eigenvalue weighted by Gasteiger charge is -2.18. The number of ether oxygens (including phenoxy) is 3.